The molecule has 0 atom stereocenters. The molecule has 0 aromatic heterocycles. The zero-order valence-corrected chi connectivity index (χ0v) is 14.5. The van der Waals surface area contributed by atoms with Gasteiger partial charge in [-0.15, -0.1) is 0 Å². The molecule has 0 saturated carbocycles. The van der Waals surface area contributed by atoms with Crippen LogP contribution in [0.2, 0.25) is 0 Å². The standard InChI is InChI=1S/C14H25F6NO5/c1-22-2-3-23-4-5-24-6-7-25-8-9-26-11-13(17,18)14(19,20)12(15,16)10-21/h2-11,21H2,1H3. The fourth-order valence-electron chi connectivity index (χ4n) is 1.49. The number of alkyl halides is 6. The number of hydrogen-bond acceptors (Lipinski definition) is 6. The zero-order valence-electron chi connectivity index (χ0n) is 14.5. The van der Waals surface area contributed by atoms with Crippen LogP contribution < -0.4 is 5.73 Å². The average molecular weight is 401 g/mol. The van der Waals surface area contributed by atoms with Crippen molar-refractivity contribution >= 4 is 0 Å². The van der Waals surface area contributed by atoms with Gasteiger partial charge in [-0.25, -0.2) is 0 Å². The number of hydrogen-bond donors (Lipinski definition) is 1. The molecule has 0 aromatic carbocycles. The van der Waals surface area contributed by atoms with E-state index < -0.39 is 37.5 Å². The first-order chi connectivity index (χ1) is 12.1. The lowest BCUT2D eigenvalue weighted by atomic mass is 10.1. The van der Waals surface area contributed by atoms with Crippen molar-refractivity contribution in [3.8, 4) is 0 Å². The fraction of sp³-hybridized carbons (Fsp3) is 1.00. The molecule has 0 unspecified atom stereocenters. The van der Waals surface area contributed by atoms with Crippen molar-refractivity contribution < 1.29 is 50.0 Å². The SMILES string of the molecule is COCCOCCOCCOCCOCC(F)(F)C(F)(F)C(F)(F)CN. The molecule has 12 heteroatoms. The molecule has 0 rings (SSSR count). The van der Waals surface area contributed by atoms with Crippen LogP contribution in [-0.2, 0) is 23.7 Å². The van der Waals surface area contributed by atoms with Crippen molar-refractivity contribution in [3.05, 3.63) is 0 Å². The molecule has 0 fully saturated rings. The molecule has 0 heterocycles. The van der Waals surface area contributed by atoms with Crippen molar-refractivity contribution in [2.24, 2.45) is 5.73 Å². The van der Waals surface area contributed by atoms with Gasteiger partial charge in [0.1, 0.15) is 6.61 Å². The van der Waals surface area contributed by atoms with Gasteiger partial charge in [0, 0.05) is 7.11 Å². The second-order valence-electron chi connectivity index (χ2n) is 5.07. The summed E-state index contributed by atoms with van der Waals surface area (Å²) in [6.07, 6.45) is 0. The minimum Gasteiger partial charge on any atom is -0.382 e. The molecule has 0 radical (unpaired) electrons. The summed E-state index contributed by atoms with van der Waals surface area (Å²) < 4.78 is 103. The maximum Gasteiger partial charge on any atom is 0.375 e. The molecule has 158 valence electrons. The molecule has 6 nitrogen and oxygen atoms in total. The molecule has 0 aliphatic heterocycles. The van der Waals surface area contributed by atoms with E-state index in [1.165, 1.54) is 0 Å². The Balaban J connectivity index is 3.71. The average Bonchev–Trinajstić information content (AvgIpc) is 2.58. The second-order valence-corrected chi connectivity index (χ2v) is 5.07. The van der Waals surface area contributed by atoms with Gasteiger partial charge >= 0.3 is 17.8 Å². The molecular weight excluding hydrogens is 376 g/mol. The lowest BCUT2D eigenvalue weighted by molar-refractivity contribution is -0.316. The molecule has 0 amide bonds. The molecule has 0 saturated heterocycles. The molecular formula is C14H25F6NO5. The predicted octanol–water partition coefficient (Wildman–Crippen LogP) is 1.56. The topological polar surface area (TPSA) is 72.2 Å². The predicted molar refractivity (Wildman–Crippen MR) is 79.0 cm³/mol. The normalized spacial score (nSPS) is 13.4. The maximum absolute atomic E-state index is 13.2. The highest BCUT2D eigenvalue weighted by molar-refractivity contribution is 4.96. The first-order valence-corrected chi connectivity index (χ1v) is 7.76. The van der Waals surface area contributed by atoms with E-state index >= 15 is 0 Å². The van der Waals surface area contributed by atoms with E-state index in [1.54, 1.807) is 7.11 Å². The molecule has 26 heavy (non-hydrogen) atoms. The van der Waals surface area contributed by atoms with Crippen LogP contribution in [0.1, 0.15) is 0 Å². The number of nitrogens with two attached hydrogens (primary N) is 1. The van der Waals surface area contributed by atoms with Crippen LogP contribution in [0.15, 0.2) is 0 Å². The van der Waals surface area contributed by atoms with Crippen LogP contribution in [0.3, 0.4) is 0 Å². The van der Waals surface area contributed by atoms with Gasteiger partial charge in [-0.3, -0.25) is 0 Å². The summed E-state index contributed by atoms with van der Waals surface area (Å²) in [4.78, 5) is 0. The van der Waals surface area contributed by atoms with E-state index in [9.17, 15) is 26.3 Å². The Bertz CT molecular complexity index is 363. The van der Waals surface area contributed by atoms with E-state index in [0.717, 1.165) is 0 Å². The van der Waals surface area contributed by atoms with Gasteiger partial charge < -0.3 is 29.4 Å². The van der Waals surface area contributed by atoms with Gasteiger partial charge in [0.2, 0.25) is 0 Å². The molecule has 0 aromatic rings. The highest BCUT2D eigenvalue weighted by atomic mass is 19.3. The van der Waals surface area contributed by atoms with E-state index in [-0.39, 0.29) is 19.8 Å². The summed E-state index contributed by atoms with van der Waals surface area (Å²) in [5.41, 5.74) is 4.41. The Morgan fingerprint density at radius 2 is 1.00 bits per heavy atom. The Morgan fingerprint density at radius 1 is 0.615 bits per heavy atom. The van der Waals surface area contributed by atoms with Gasteiger partial charge in [-0.1, -0.05) is 0 Å². The third-order valence-corrected chi connectivity index (χ3v) is 3.01. The Morgan fingerprint density at radius 3 is 1.38 bits per heavy atom. The van der Waals surface area contributed by atoms with E-state index in [2.05, 4.69) is 10.5 Å². The Kier molecular flexibility index (Phi) is 12.4. The minimum absolute atomic E-state index is 0.110. The van der Waals surface area contributed by atoms with Crippen LogP contribution >= 0.6 is 0 Å². The zero-order chi connectivity index (χ0) is 20.1. The van der Waals surface area contributed by atoms with Crippen molar-refractivity contribution in [2.75, 3.05) is 73.1 Å². The van der Waals surface area contributed by atoms with Gasteiger partial charge in [0.15, 0.2) is 0 Å². The van der Waals surface area contributed by atoms with Crippen LogP contribution in [0, 0.1) is 0 Å². The van der Waals surface area contributed by atoms with Crippen molar-refractivity contribution in [1.82, 2.24) is 0 Å². The molecule has 0 bridgehead atoms. The maximum atomic E-state index is 13.2. The fourth-order valence-corrected chi connectivity index (χ4v) is 1.49. The first kappa shape index (κ1) is 25.3. The van der Waals surface area contributed by atoms with Crippen LogP contribution in [0.5, 0.6) is 0 Å². The van der Waals surface area contributed by atoms with Gasteiger partial charge in [-0.2, -0.15) is 26.3 Å². The van der Waals surface area contributed by atoms with E-state index in [1.807, 2.05) is 0 Å². The third-order valence-electron chi connectivity index (χ3n) is 3.01. The third kappa shape index (κ3) is 8.82. The smallest absolute Gasteiger partial charge is 0.375 e. The Labute approximate surface area is 147 Å². The van der Waals surface area contributed by atoms with Gasteiger partial charge in [0.25, 0.3) is 0 Å². The molecule has 0 spiro atoms. The summed E-state index contributed by atoms with van der Waals surface area (Å²) in [5.74, 6) is -15.7. The summed E-state index contributed by atoms with van der Waals surface area (Å²) in [6.45, 7) is -2.55. The molecule has 0 aliphatic carbocycles. The largest absolute Gasteiger partial charge is 0.382 e. The summed E-state index contributed by atoms with van der Waals surface area (Å²) in [5, 5.41) is 0. The highest BCUT2D eigenvalue weighted by Gasteiger charge is 2.70. The molecule has 0 aliphatic rings. The number of halogens is 6. The van der Waals surface area contributed by atoms with E-state index in [0.29, 0.717) is 26.4 Å². The van der Waals surface area contributed by atoms with Crippen LogP contribution in [0.4, 0.5) is 26.3 Å². The lowest BCUT2D eigenvalue weighted by Gasteiger charge is -2.31. The van der Waals surface area contributed by atoms with Crippen molar-refractivity contribution in [2.45, 2.75) is 17.8 Å². The second kappa shape index (κ2) is 12.7. The number of rotatable bonds is 17. The Hall–Kier alpha value is -0.660. The van der Waals surface area contributed by atoms with Crippen molar-refractivity contribution in [1.29, 1.82) is 0 Å². The van der Waals surface area contributed by atoms with Crippen molar-refractivity contribution in [3.63, 3.8) is 0 Å². The number of ether oxygens (including phenoxy) is 5. The first-order valence-electron chi connectivity index (χ1n) is 7.76. The summed E-state index contributed by atoms with van der Waals surface area (Å²) in [7, 11) is 1.54. The lowest BCUT2D eigenvalue weighted by Crippen LogP contribution is -2.59. The number of methoxy groups -OCH3 is 1. The highest BCUT2D eigenvalue weighted by Crippen LogP contribution is 2.45. The monoisotopic (exact) mass is 401 g/mol. The van der Waals surface area contributed by atoms with Crippen LogP contribution in [0.25, 0.3) is 0 Å². The molecule has 2 N–H and O–H groups in total. The summed E-state index contributed by atoms with van der Waals surface area (Å²) in [6, 6.07) is 0. The summed E-state index contributed by atoms with van der Waals surface area (Å²) >= 11 is 0. The van der Waals surface area contributed by atoms with E-state index in [4.69, 9.17) is 18.9 Å². The van der Waals surface area contributed by atoms with Gasteiger partial charge in [-0.05, 0) is 0 Å². The van der Waals surface area contributed by atoms with Crippen LogP contribution in [-0.4, -0.2) is 90.9 Å². The minimum atomic E-state index is -5.62. The van der Waals surface area contributed by atoms with Gasteiger partial charge in [0.05, 0.1) is 59.4 Å². The quantitative estimate of drug-likeness (QED) is 0.295.